The van der Waals surface area contributed by atoms with Crippen molar-refractivity contribution < 1.29 is 18.0 Å². The highest BCUT2D eigenvalue weighted by Gasteiger charge is 2.41. The van der Waals surface area contributed by atoms with Crippen LogP contribution in [0.25, 0.3) is 0 Å². The SMILES string of the molecule is O=C(NC1CCN(C2CCCCC2)C1)C(F)(F)F. The van der Waals surface area contributed by atoms with E-state index in [4.69, 9.17) is 0 Å². The van der Waals surface area contributed by atoms with E-state index in [0.29, 0.717) is 19.0 Å². The minimum absolute atomic E-state index is 0.346. The largest absolute Gasteiger partial charge is 0.471 e. The van der Waals surface area contributed by atoms with Crippen LogP contribution in [0.1, 0.15) is 38.5 Å². The summed E-state index contributed by atoms with van der Waals surface area (Å²) in [5, 5.41) is 2.08. The second-order valence-electron chi connectivity index (χ2n) is 5.24. The normalized spacial score (nSPS) is 27.4. The molecule has 1 amide bonds. The van der Waals surface area contributed by atoms with Gasteiger partial charge in [-0.3, -0.25) is 9.69 Å². The van der Waals surface area contributed by atoms with E-state index in [9.17, 15) is 18.0 Å². The van der Waals surface area contributed by atoms with E-state index in [1.54, 1.807) is 0 Å². The van der Waals surface area contributed by atoms with Gasteiger partial charge in [0.05, 0.1) is 0 Å². The molecule has 104 valence electrons. The average Bonchev–Trinajstić information content (AvgIpc) is 2.77. The first-order valence-corrected chi connectivity index (χ1v) is 6.58. The van der Waals surface area contributed by atoms with Gasteiger partial charge in [0.25, 0.3) is 0 Å². The number of alkyl halides is 3. The van der Waals surface area contributed by atoms with Gasteiger partial charge >= 0.3 is 12.1 Å². The molecule has 0 spiro atoms. The van der Waals surface area contributed by atoms with Gasteiger partial charge in [0, 0.05) is 25.2 Å². The number of nitrogens with zero attached hydrogens (tertiary/aromatic N) is 1. The lowest BCUT2D eigenvalue weighted by Gasteiger charge is -2.31. The monoisotopic (exact) mass is 264 g/mol. The number of amides is 1. The number of likely N-dealkylation sites (tertiary alicyclic amines) is 1. The Morgan fingerprint density at radius 2 is 1.78 bits per heavy atom. The smallest absolute Gasteiger partial charge is 0.344 e. The van der Waals surface area contributed by atoms with Crippen molar-refractivity contribution in [3.8, 4) is 0 Å². The third-order valence-electron chi connectivity index (χ3n) is 3.90. The molecule has 0 aromatic carbocycles. The summed E-state index contributed by atoms with van der Waals surface area (Å²) in [7, 11) is 0. The van der Waals surface area contributed by atoms with Crippen LogP contribution in [-0.4, -0.2) is 42.2 Å². The van der Waals surface area contributed by atoms with Crippen molar-refractivity contribution in [2.45, 2.75) is 56.8 Å². The van der Waals surface area contributed by atoms with Crippen molar-refractivity contribution in [3.05, 3.63) is 0 Å². The third kappa shape index (κ3) is 3.37. The number of rotatable bonds is 2. The van der Waals surface area contributed by atoms with Crippen LogP contribution in [0.5, 0.6) is 0 Å². The van der Waals surface area contributed by atoms with Crippen molar-refractivity contribution >= 4 is 5.91 Å². The van der Waals surface area contributed by atoms with Gasteiger partial charge in [-0.15, -0.1) is 0 Å². The number of hydrogen-bond donors (Lipinski definition) is 1. The third-order valence-corrected chi connectivity index (χ3v) is 3.90. The lowest BCUT2D eigenvalue weighted by atomic mass is 9.94. The van der Waals surface area contributed by atoms with E-state index in [0.717, 1.165) is 19.4 Å². The standard InChI is InChI=1S/C12H19F3N2O/c13-12(14,15)11(18)16-9-6-7-17(8-9)10-4-2-1-3-5-10/h9-10H,1-8H2,(H,16,18). The molecule has 18 heavy (non-hydrogen) atoms. The lowest BCUT2D eigenvalue weighted by Crippen LogP contribution is -2.45. The molecule has 0 aromatic rings. The second-order valence-corrected chi connectivity index (χ2v) is 5.24. The Morgan fingerprint density at radius 3 is 2.39 bits per heavy atom. The summed E-state index contributed by atoms with van der Waals surface area (Å²) >= 11 is 0. The number of hydrogen-bond acceptors (Lipinski definition) is 2. The summed E-state index contributed by atoms with van der Waals surface area (Å²) < 4.78 is 36.4. The van der Waals surface area contributed by atoms with E-state index in [-0.39, 0.29) is 6.04 Å². The Balaban J connectivity index is 1.79. The zero-order chi connectivity index (χ0) is 13.2. The molecule has 2 fully saturated rings. The number of carbonyl (C=O) groups excluding carboxylic acids is 1. The summed E-state index contributed by atoms with van der Waals surface area (Å²) in [4.78, 5) is 13.1. The number of halogens is 3. The minimum atomic E-state index is -4.77. The predicted molar refractivity (Wildman–Crippen MR) is 61.0 cm³/mol. The van der Waals surface area contributed by atoms with E-state index in [2.05, 4.69) is 10.2 Å². The molecular formula is C12H19F3N2O. The van der Waals surface area contributed by atoms with Crippen LogP contribution in [0, 0.1) is 0 Å². The molecule has 1 N–H and O–H groups in total. The van der Waals surface area contributed by atoms with Crippen molar-refractivity contribution in [1.82, 2.24) is 10.2 Å². The second kappa shape index (κ2) is 5.47. The van der Waals surface area contributed by atoms with Crippen molar-refractivity contribution in [1.29, 1.82) is 0 Å². The average molecular weight is 264 g/mol. The molecular weight excluding hydrogens is 245 g/mol. The Morgan fingerprint density at radius 1 is 1.11 bits per heavy atom. The highest BCUT2D eigenvalue weighted by molar-refractivity contribution is 5.81. The number of nitrogens with one attached hydrogen (secondary N) is 1. The fourth-order valence-electron chi connectivity index (χ4n) is 2.95. The van der Waals surface area contributed by atoms with Crippen molar-refractivity contribution in [2.24, 2.45) is 0 Å². The number of carbonyl (C=O) groups is 1. The van der Waals surface area contributed by atoms with Crippen LogP contribution in [-0.2, 0) is 4.79 Å². The van der Waals surface area contributed by atoms with Crippen molar-refractivity contribution in [3.63, 3.8) is 0 Å². The maximum absolute atomic E-state index is 12.1. The molecule has 1 atom stereocenters. The quantitative estimate of drug-likeness (QED) is 0.828. The Labute approximate surface area is 105 Å². The first-order chi connectivity index (χ1) is 8.47. The van der Waals surface area contributed by atoms with Crippen LogP contribution in [0.3, 0.4) is 0 Å². The summed E-state index contributed by atoms with van der Waals surface area (Å²) in [6.07, 6.45) is 1.82. The maximum Gasteiger partial charge on any atom is 0.471 e. The van der Waals surface area contributed by atoms with Crippen LogP contribution >= 0.6 is 0 Å². The van der Waals surface area contributed by atoms with Gasteiger partial charge < -0.3 is 5.32 Å². The predicted octanol–water partition coefficient (Wildman–Crippen LogP) is 2.07. The first kappa shape index (κ1) is 13.6. The molecule has 0 radical (unpaired) electrons. The highest BCUT2D eigenvalue weighted by atomic mass is 19.4. The van der Waals surface area contributed by atoms with Gasteiger partial charge in [-0.25, -0.2) is 0 Å². The molecule has 1 aliphatic heterocycles. The Kier molecular flexibility index (Phi) is 4.14. The highest BCUT2D eigenvalue weighted by Crippen LogP contribution is 2.26. The molecule has 2 aliphatic rings. The van der Waals surface area contributed by atoms with Crippen LogP contribution in [0.4, 0.5) is 13.2 Å². The molecule has 1 saturated carbocycles. The van der Waals surface area contributed by atoms with Gasteiger partial charge in [-0.2, -0.15) is 13.2 Å². The van der Waals surface area contributed by atoms with Gasteiger partial charge in [0.15, 0.2) is 0 Å². The Hall–Kier alpha value is -0.780. The molecule has 0 aromatic heterocycles. The zero-order valence-corrected chi connectivity index (χ0v) is 10.3. The van der Waals surface area contributed by atoms with Gasteiger partial charge in [0.1, 0.15) is 0 Å². The van der Waals surface area contributed by atoms with E-state index in [1.165, 1.54) is 19.3 Å². The topological polar surface area (TPSA) is 32.3 Å². The van der Waals surface area contributed by atoms with E-state index in [1.807, 2.05) is 0 Å². The molecule has 2 rings (SSSR count). The molecule has 1 unspecified atom stereocenters. The van der Waals surface area contributed by atoms with E-state index < -0.39 is 12.1 Å². The first-order valence-electron chi connectivity index (χ1n) is 6.58. The fraction of sp³-hybridized carbons (Fsp3) is 0.917. The summed E-state index contributed by atoms with van der Waals surface area (Å²) in [6, 6.07) is 0.160. The van der Waals surface area contributed by atoms with Gasteiger partial charge in [-0.05, 0) is 19.3 Å². The van der Waals surface area contributed by atoms with Gasteiger partial charge in [0.2, 0.25) is 0 Å². The van der Waals surface area contributed by atoms with E-state index >= 15 is 0 Å². The van der Waals surface area contributed by atoms with Crippen LogP contribution < -0.4 is 5.32 Å². The summed E-state index contributed by atoms with van der Waals surface area (Å²) in [5.74, 6) is -1.81. The maximum atomic E-state index is 12.1. The molecule has 1 saturated heterocycles. The summed E-state index contributed by atoms with van der Waals surface area (Å²) in [6.45, 7) is 1.36. The molecule has 0 bridgehead atoms. The molecule has 3 nitrogen and oxygen atoms in total. The molecule has 1 aliphatic carbocycles. The van der Waals surface area contributed by atoms with Crippen LogP contribution in [0.15, 0.2) is 0 Å². The van der Waals surface area contributed by atoms with Crippen LogP contribution in [0.2, 0.25) is 0 Å². The van der Waals surface area contributed by atoms with Crippen molar-refractivity contribution in [2.75, 3.05) is 13.1 Å². The van der Waals surface area contributed by atoms with Gasteiger partial charge in [-0.1, -0.05) is 19.3 Å². The Bertz CT molecular complexity index is 300. The fourth-order valence-corrected chi connectivity index (χ4v) is 2.95. The lowest BCUT2D eigenvalue weighted by molar-refractivity contribution is -0.174. The minimum Gasteiger partial charge on any atom is -0.344 e. The molecule has 1 heterocycles. The molecule has 6 heteroatoms. The zero-order valence-electron chi connectivity index (χ0n) is 10.3. The summed E-state index contributed by atoms with van der Waals surface area (Å²) in [5.41, 5.74) is 0.